The fraction of sp³-hybridized carbons (Fsp3) is 0.500. The smallest absolute Gasteiger partial charge is 0.324 e. The molecule has 0 aliphatic carbocycles. The van der Waals surface area contributed by atoms with Gasteiger partial charge in [-0.1, -0.05) is 57.0 Å². The lowest BCUT2D eigenvalue weighted by Crippen LogP contribution is -2.04. The minimum absolute atomic E-state index is 0.120. The van der Waals surface area contributed by atoms with Crippen molar-refractivity contribution in [2.24, 2.45) is 0 Å². The van der Waals surface area contributed by atoms with E-state index in [1.54, 1.807) is 24.3 Å². The highest BCUT2D eigenvalue weighted by molar-refractivity contribution is 7.51. The van der Waals surface area contributed by atoms with Crippen LogP contribution in [0, 0.1) is 11.3 Å². The van der Waals surface area contributed by atoms with Crippen LogP contribution in [0.25, 0.3) is 0 Å². The van der Waals surface area contributed by atoms with Crippen molar-refractivity contribution in [2.75, 3.05) is 6.16 Å². The van der Waals surface area contributed by atoms with Crippen LogP contribution in [0.4, 0.5) is 0 Å². The molecule has 0 saturated heterocycles. The molecule has 0 spiro atoms. The molecule has 19 heavy (non-hydrogen) atoms. The summed E-state index contributed by atoms with van der Waals surface area (Å²) in [5.74, 6) is -0.392. The molecular weight excluding hydrogens is 261 g/mol. The molecule has 0 fully saturated rings. The summed E-state index contributed by atoms with van der Waals surface area (Å²) in [6.07, 6.45) is 2.49. The van der Waals surface area contributed by atoms with Gasteiger partial charge in [-0.2, -0.15) is 5.26 Å². The van der Waals surface area contributed by atoms with Gasteiger partial charge in [0, 0.05) is 12.3 Å². The topological polar surface area (TPSA) is 81.3 Å². The van der Waals surface area contributed by atoms with Crippen molar-refractivity contribution in [3.05, 3.63) is 35.9 Å². The first-order chi connectivity index (χ1) is 8.94. The van der Waals surface area contributed by atoms with Gasteiger partial charge in [0.25, 0.3) is 0 Å². The van der Waals surface area contributed by atoms with E-state index in [9.17, 15) is 4.57 Å². The van der Waals surface area contributed by atoms with Crippen LogP contribution in [0.2, 0.25) is 0 Å². The molecule has 1 rings (SSSR count). The van der Waals surface area contributed by atoms with Gasteiger partial charge in [0.1, 0.15) is 0 Å². The lowest BCUT2D eigenvalue weighted by molar-refractivity contribution is 0.369. The Morgan fingerprint density at radius 3 is 2.11 bits per heavy atom. The molecule has 1 atom stereocenters. The van der Waals surface area contributed by atoms with E-state index < -0.39 is 13.5 Å². The van der Waals surface area contributed by atoms with Crippen molar-refractivity contribution >= 4 is 7.60 Å². The standard InChI is InChI=1S/C10H12NO3P.C4H10/c11-7-6-10(8-15(12,13)14)9-4-2-1-3-5-9;1-3-4-2/h1-5,10H,6,8H2,(H2,12,13,14);3-4H2,1-2H3. The molecule has 0 saturated carbocycles. The molecule has 0 amide bonds. The number of benzene rings is 1. The van der Waals surface area contributed by atoms with Gasteiger partial charge in [0.2, 0.25) is 0 Å². The molecule has 0 bridgehead atoms. The number of hydrogen-bond donors (Lipinski definition) is 2. The van der Waals surface area contributed by atoms with Crippen LogP contribution in [-0.2, 0) is 4.57 Å². The van der Waals surface area contributed by atoms with Gasteiger partial charge < -0.3 is 9.79 Å². The van der Waals surface area contributed by atoms with E-state index in [0.29, 0.717) is 0 Å². The van der Waals surface area contributed by atoms with Gasteiger partial charge in [0.05, 0.1) is 12.2 Å². The Kier molecular flexibility index (Phi) is 9.16. The zero-order valence-electron chi connectivity index (χ0n) is 11.5. The summed E-state index contributed by atoms with van der Waals surface area (Å²) < 4.78 is 10.9. The van der Waals surface area contributed by atoms with E-state index in [1.807, 2.05) is 12.1 Å². The molecular formula is C14H22NO3P. The summed E-state index contributed by atoms with van der Waals surface area (Å²) >= 11 is 0. The second kappa shape index (κ2) is 9.75. The van der Waals surface area contributed by atoms with E-state index in [2.05, 4.69) is 13.8 Å². The van der Waals surface area contributed by atoms with E-state index >= 15 is 0 Å². The summed E-state index contributed by atoms with van der Waals surface area (Å²) in [5.41, 5.74) is 0.794. The first kappa shape index (κ1) is 17.9. The molecule has 1 aromatic carbocycles. The molecule has 0 aliphatic heterocycles. The van der Waals surface area contributed by atoms with Crippen LogP contribution in [0.15, 0.2) is 30.3 Å². The van der Waals surface area contributed by atoms with Gasteiger partial charge in [-0.15, -0.1) is 0 Å². The highest BCUT2D eigenvalue weighted by Gasteiger charge is 2.22. The molecule has 1 unspecified atom stereocenters. The van der Waals surface area contributed by atoms with Gasteiger partial charge >= 0.3 is 7.60 Å². The van der Waals surface area contributed by atoms with Crippen LogP contribution in [0.3, 0.4) is 0 Å². The fourth-order valence-corrected chi connectivity index (χ4v) is 2.32. The van der Waals surface area contributed by atoms with Crippen molar-refractivity contribution in [1.29, 1.82) is 5.26 Å². The SMILES string of the molecule is CCCC.N#CCC(CP(=O)(O)O)c1ccccc1. The summed E-state index contributed by atoms with van der Waals surface area (Å²) in [6.45, 7) is 4.36. The third kappa shape index (κ3) is 9.44. The zero-order chi connectivity index (χ0) is 14.7. The van der Waals surface area contributed by atoms with Gasteiger partial charge in [-0.3, -0.25) is 4.57 Å². The monoisotopic (exact) mass is 283 g/mol. The predicted molar refractivity (Wildman–Crippen MR) is 76.9 cm³/mol. The third-order valence-electron chi connectivity index (χ3n) is 2.57. The quantitative estimate of drug-likeness (QED) is 0.808. The van der Waals surface area contributed by atoms with Crippen molar-refractivity contribution in [3.63, 3.8) is 0 Å². The fourth-order valence-electron chi connectivity index (χ4n) is 1.41. The maximum absolute atomic E-state index is 10.9. The van der Waals surface area contributed by atoms with E-state index in [0.717, 1.165) is 5.56 Å². The Bertz CT molecular complexity index is 420. The van der Waals surface area contributed by atoms with Crippen molar-refractivity contribution < 1.29 is 14.4 Å². The Morgan fingerprint density at radius 1 is 1.21 bits per heavy atom. The summed E-state index contributed by atoms with van der Waals surface area (Å²) in [6, 6.07) is 10.9. The highest BCUT2D eigenvalue weighted by Crippen LogP contribution is 2.41. The molecule has 0 radical (unpaired) electrons. The molecule has 106 valence electrons. The molecule has 0 aliphatic rings. The highest BCUT2D eigenvalue weighted by atomic mass is 31.2. The Balaban J connectivity index is 0.000000711. The number of nitriles is 1. The van der Waals surface area contributed by atoms with E-state index in [-0.39, 0.29) is 12.6 Å². The largest absolute Gasteiger partial charge is 0.326 e. The first-order valence-corrected chi connectivity index (χ1v) is 8.20. The van der Waals surface area contributed by atoms with Gasteiger partial charge in [-0.05, 0) is 5.56 Å². The van der Waals surface area contributed by atoms with Crippen LogP contribution in [0.5, 0.6) is 0 Å². The van der Waals surface area contributed by atoms with E-state index in [4.69, 9.17) is 15.0 Å². The van der Waals surface area contributed by atoms with Crippen molar-refractivity contribution in [2.45, 2.75) is 39.0 Å². The number of rotatable bonds is 5. The maximum atomic E-state index is 10.9. The van der Waals surface area contributed by atoms with Gasteiger partial charge in [0.15, 0.2) is 0 Å². The second-order valence-electron chi connectivity index (χ2n) is 4.32. The summed E-state index contributed by atoms with van der Waals surface area (Å²) in [5, 5.41) is 8.59. The lowest BCUT2D eigenvalue weighted by Gasteiger charge is -2.14. The summed E-state index contributed by atoms with van der Waals surface area (Å²) in [7, 11) is -4.07. The van der Waals surface area contributed by atoms with Gasteiger partial charge in [-0.25, -0.2) is 0 Å². The summed E-state index contributed by atoms with van der Waals surface area (Å²) in [4.78, 5) is 17.8. The number of hydrogen-bond acceptors (Lipinski definition) is 2. The molecule has 4 nitrogen and oxygen atoms in total. The third-order valence-corrected chi connectivity index (χ3v) is 3.48. The molecule has 2 N–H and O–H groups in total. The van der Waals surface area contributed by atoms with Crippen LogP contribution in [0.1, 0.15) is 44.6 Å². The average molecular weight is 283 g/mol. The molecule has 0 heterocycles. The Morgan fingerprint density at radius 2 is 1.74 bits per heavy atom. The van der Waals surface area contributed by atoms with Crippen LogP contribution in [-0.4, -0.2) is 15.9 Å². The van der Waals surface area contributed by atoms with E-state index in [1.165, 1.54) is 12.8 Å². The lowest BCUT2D eigenvalue weighted by atomic mass is 9.98. The Labute approximate surface area is 115 Å². The van der Waals surface area contributed by atoms with Crippen LogP contribution >= 0.6 is 7.60 Å². The zero-order valence-corrected chi connectivity index (χ0v) is 12.4. The predicted octanol–water partition coefficient (Wildman–Crippen LogP) is 3.67. The molecule has 1 aromatic rings. The number of nitrogens with zero attached hydrogens (tertiary/aromatic N) is 1. The minimum atomic E-state index is -4.07. The van der Waals surface area contributed by atoms with Crippen LogP contribution < -0.4 is 0 Å². The van der Waals surface area contributed by atoms with Crippen molar-refractivity contribution in [1.82, 2.24) is 0 Å². The maximum Gasteiger partial charge on any atom is 0.326 e. The second-order valence-corrected chi connectivity index (χ2v) is 6.01. The number of unbranched alkanes of at least 4 members (excludes halogenated alkanes) is 1. The molecule has 5 heteroatoms. The molecule has 0 aromatic heterocycles. The normalized spacial score (nSPS) is 11.9. The Hall–Kier alpha value is -1.14. The van der Waals surface area contributed by atoms with Crippen molar-refractivity contribution in [3.8, 4) is 6.07 Å². The average Bonchev–Trinajstić information content (AvgIpc) is 2.38. The first-order valence-electron chi connectivity index (χ1n) is 6.41. The minimum Gasteiger partial charge on any atom is -0.324 e.